The van der Waals surface area contributed by atoms with Crippen molar-refractivity contribution in [3.63, 3.8) is 0 Å². The predicted molar refractivity (Wildman–Crippen MR) is 88.2 cm³/mol. The van der Waals surface area contributed by atoms with Crippen LogP contribution in [-0.4, -0.2) is 22.6 Å². The van der Waals surface area contributed by atoms with Crippen LogP contribution in [0.4, 0.5) is 0 Å². The van der Waals surface area contributed by atoms with Gasteiger partial charge >= 0.3 is 0 Å². The maximum absolute atomic E-state index is 4.67. The summed E-state index contributed by atoms with van der Waals surface area (Å²) in [6.07, 6.45) is 14.8. The summed E-state index contributed by atoms with van der Waals surface area (Å²) in [7, 11) is 0. The highest BCUT2D eigenvalue weighted by molar-refractivity contribution is 5.85. The summed E-state index contributed by atoms with van der Waals surface area (Å²) in [5.74, 6) is 1.93. The van der Waals surface area contributed by atoms with Gasteiger partial charge in [-0.25, -0.2) is 4.98 Å². The molecule has 3 rings (SSSR count). The van der Waals surface area contributed by atoms with Crippen molar-refractivity contribution in [3.05, 3.63) is 30.4 Å². The lowest BCUT2D eigenvalue weighted by Gasteiger charge is -2.38. The molecule has 1 saturated heterocycles. The summed E-state index contributed by atoms with van der Waals surface area (Å²) in [4.78, 5) is 4.67. The van der Waals surface area contributed by atoms with Gasteiger partial charge in [0.15, 0.2) is 0 Å². The number of rotatable bonds is 2. The molecule has 1 atom stereocenters. The number of nitrogens with zero attached hydrogens (tertiary/aromatic N) is 2. The first-order valence-corrected chi connectivity index (χ1v) is 7.19. The molecule has 20 heavy (non-hydrogen) atoms. The molecule has 0 amide bonds. The van der Waals surface area contributed by atoms with Gasteiger partial charge in [0.2, 0.25) is 0 Å². The number of allylic oxidation sites excluding steroid dienone is 2. The first-order chi connectivity index (χ1) is 8.80. The molecular formula is C15H25Cl2N3. The second-order valence-electron chi connectivity index (χ2n) is 5.88. The quantitative estimate of drug-likeness (QED) is 0.844. The molecule has 1 N–H and O–H groups in total. The highest BCUT2D eigenvalue weighted by Crippen LogP contribution is 2.34. The van der Waals surface area contributed by atoms with E-state index in [1.807, 2.05) is 6.20 Å². The zero-order valence-electron chi connectivity index (χ0n) is 12.0. The van der Waals surface area contributed by atoms with Crippen LogP contribution in [0.1, 0.15) is 50.8 Å². The number of nitrogens with one attached hydrogen (secondary N) is 1. The number of halogens is 2. The number of imidazole rings is 1. The lowest BCUT2D eigenvalue weighted by atomic mass is 9.88. The van der Waals surface area contributed by atoms with Crippen molar-refractivity contribution in [2.75, 3.05) is 13.1 Å². The van der Waals surface area contributed by atoms with Gasteiger partial charge in [0, 0.05) is 23.9 Å². The minimum Gasteiger partial charge on any atom is -0.329 e. The standard InChI is InChI=1S/C15H23N3.2ClH/c1-15(7-9-16-10-8-15)18-12-11-17-14(18)13-5-3-2-4-6-13;;/h2-3,11-13,16H,4-10H2,1H3;2*1H. The zero-order chi connectivity index (χ0) is 12.4. The Labute approximate surface area is 134 Å². The van der Waals surface area contributed by atoms with E-state index >= 15 is 0 Å². The van der Waals surface area contributed by atoms with Gasteiger partial charge in [0.25, 0.3) is 0 Å². The SMILES string of the molecule is CC1(n2ccnc2C2CC=CCC2)CCNCC1.Cl.Cl. The molecule has 1 aromatic rings. The van der Waals surface area contributed by atoms with E-state index in [-0.39, 0.29) is 30.4 Å². The monoisotopic (exact) mass is 317 g/mol. The molecule has 3 nitrogen and oxygen atoms in total. The van der Waals surface area contributed by atoms with Gasteiger partial charge in [-0.3, -0.25) is 0 Å². The van der Waals surface area contributed by atoms with Crippen LogP contribution in [0.3, 0.4) is 0 Å². The van der Waals surface area contributed by atoms with Crippen LogP contribution in [-0.2, 0) is 5.54 Å². The van der Waals surface area contributed by atoms with Crippen molar-refractivity contribution in [2.24, 2.45) is 0 Å². The molecule has 1 aliphatic carbocycles. The normalized spacial score (nSPS) is 24.6. The molecule has 1 aliphatic heterocycles. The second-order valence-corrected chi connectivity index (χ2v) is 5.88. The number of hydrogen-bond donors (Lipinski definition) is 1. The average molecular weight is 318 g/mol. The van der Waals surface area contributed by atoms with E-state index in [0.717, 1.165) is 19.5 Å². The Kier molecular flexibility index (Phi) is 6.56. The number of hydrogen-bond acceptors (Lipinski definition) is 2. The van der Waals surface area contributed by atoms with Crippen LogP contribution in [0.25, 0.3) is 0 Å². The first-order valence-electron chi connectivity index (χ1n) is 7.19. The van der Waals surface area contributed by atoms with Crippen molar-refractivity contribution in [1.82, 2.24) is 14.9 Å². The van der Waals surface area contributed by atoms with Crippen molar-refractivity contribution in [2.45, 2.75) is 50.5 Å². The van der Waals surface area contributed by atoms with Crippen LogP contribution in [0, 0.1) is 0 Å². The fraction of sp³-hybridized carbons (Fsp3) is 0.667. The summed E-state index contributed by atoms with van der Waals surface area (Å²) in [6.45, 7) is 4.63. The first kappa shape index (κ1) is 17.5. The maximum Gasteiger partial charge on any atom is 0.112 e. The van der Waals surface area contributed by atoms with Crippen LogP contribution >= 0.6 is 24.8 Å². The van der Waals surface area contributed by atoms with E-state index in [4.69, 9.17) is 0 Å². The van der Waals surface area contributed by atoms with Gasteiger partial charge in [-0.15, -0.1) is 24.8 Å². The van der Waals surface area contributed by atoms with E-state index < -0.39 is 0 Å². The number of piperidine rings is 1. The van der Waals surface area contributed by atoms with E-state index in [2.05, 4.69) is 40.1 Å². The van der Waals surface area contributed by atoms with E-state index in [9.17, 15) is 0 Å². The predicted octanol–water partition coefficient (Wildman–Crippen LogP) is 3.65. The Morgan fingerprint density at radius 1 is 1.25 bits per heavy atom. The number of aromatic nitrogens is 2. The molecule has 0 radical (unpaired) electrons. The van der Waals surface area contributed by atoms with Crippen molar-refractivity contribution in [3.8, 4) is 0 Å². The molecule has 0 bridgehead atoms. The largest absolute Gasteiger partial charge is 0.329 e. The molecule has 2 aliphatic rings. The maximum atomic E-state index is 4.67. The van der Waals surface area contributed by atoms with Gasteiger partial charge in [-0.05, 0) is 52.1 Å². The topological polar surface area (TPSA) is 29.9 Å². The molecule has 1 unspecified atom stereocenters. The van der Waals surface area contributed by atoms with Crippen molar-refractivity contribution >= 4 is 24.8 Å². The Bertz CT molecular complexity index is 436. The Balaban J connectivity index is 0.000001000. The highest BCUT2D eigenvalue weighted by Gasteiger charge is 2.32. The molecular weight excluding hydrogens is 293 g/mol. The molecule has 2 heterocycles. The van der Waals surface area contributed by atoms with E-state index in [0.29, 0.717) is 5.92 Å². The summed E-state index contributed by atoms with van der Waals surface area (Å²) >= 11 is 0. The molecule has 5 heteroatoms. The fourth-order valence-electron chi connectivity index (χ4n) is 3.31. The highest BCUT2D eigenvalue weighted by atomic mass is 35.5. The van der Waals surface area contributed by atoms with Gasteiger partial charge in [-0.2, -0.15) is 0 Å². The summed E-state index contributed by atoms with van der Waals surface area (Å²) < 4.78 is 2.47. The van der Waals surface area contributed by atoms with E-state index in [1.165, 1.54) is 31.5 Å². The van der Waals surface area contributed by atoms with Crippen molar-refractivity contribution < 1.29 is 0 Å². The summed E-state index contributed by atoms with van der Waals surface area (Å²) in [5.41, 5.74) is 0.262. The molecule has 0 spiro atoms. The fourth-order valence-corrected chi connectivity index (χ4v) is 3.31. The smallest absolute Gasteiger partial charge is 0.112 e. The van der Waals surface area contributed by atoms with Gasteiger partial charge < -0.3 is 9.88 Å². The molecule has 1 fully saturated rings. The Morgan fingerprint density at radius 3 is 2.65 bits per heavy atom. The lowest BCUT2D eigenvalue weighted by Crippen LogP contribution is -2.42. The van der Waals surface area contributed by atoms with Crippen LogP contribution in [0.15, 0.2) is 24.5 Å². The Morgan fingerprint density at radius 2 is 2.00 bits per heavy atom. The third-order valence-electron chi connectivity index (χ3n) is 4.57. The zero-order valence-corrected chi connectivity index (χ0v) is 13.7. The molecule has 1 aromatic heterocycles. The minimum atomic E-state index is 0. The molecule has 0 saturated carbocycles. The van der Waals surface area contributed by atoms with Gasteiger partial charge in [0.05, 0.1) is 0 Å². The van der Waals surface area contributed by atoms with Crippen molar-refractivity contribution in [1.29, 1.82) is 0 Å². The van der Waals surface area contributed by atoms with Crippen LogP contribution in [0.2, 0.25) is 0 Å². The lowest BCUT2D eigenvalue weighted by molar-refractivity contribution is 0.221. The minimum absolute atomic E-state index is 0. The Hall–Kier alpha value is -0.510. The third-order valence-corrected chi connectivity index (χ3v) is 4.57. The average Bonchev–Trinajstić information content (AvgIpc) is 2.91. The van der Waals surface area contributed by atoms with Gasteiger partial charge in [-0.1, -0.05) is 12.2 Å². The summed E-state index contributed by atoms with van der Waals surface area (Å²) in [5, 5.41) is 3.46. The molecule has 0 aromatic carbocycles. The van der Waals surface area contributed by atoms with Gasteiger partial charge in [0.1, 0.15) is 5.82 Å². The molecule has 114 valence electrons. The van der Waals surface area contributed by atoms with Crippen LogP contribution in [0.5, 0.6) is 0 Å². The second kappa shape index (κ2) is 7.48. The van der Waals surface area contributed by atoms with E-state index in [1.54, 1.807) is 0 Å². The third kappa shape index (κ3) is 3.38. The summed E-state index contributed by atoms with van der Waals surface area (Å²) in [6, 6.07) is 0. The van der Waals surface area contributed by atoms with Crippen LogP contribution < -0.4 is 5.32 Å².